The molecule has 2 rings (SSSR count). The number of sulfone groups is 1. The number of para-hydroxylation sites is 1. The van der Waals surface area contributed by atoms with Crippen molar-refractivity contribution in [1.82, 2.24) is 0 Å². The molecule has 0 spiro atoms. The molecule has 0 unspecified atom stereocenters. The average molecular weight is 429 g/mol. The number of rotatable bonds is 5. The molecule has 29 heavy (non-hydrogen) atoms. The van der Waals surface area contributed by atoms with Crippen LogP contribution in [0.2, 0.25) is 0 Å². The van der Waals surface area contributed by atoms with Crippen LogP contribution in [0.25, 0.3) is 0 Å². The molecule has 2 aromatic rings. The summed E-state index contributed by atoms with van der Waals surface area (Å²) in [4.78, 5) is 11.2. The molecule has 1 N–H and O–H groups in total. The van der Waals surface area contributed by atoms with Gasteiger partial charge in [0.25, 0.3) is 9.84 Å². The summed E-state index contributed by atoms with van der Waals surface area (Å²) in [7, 11) is -5.40. The monoisotopic (exact) mass is 429 g/mol. The Morgan fingerprint density at radius 2 is 1.66 bits per heavy atom. The SMILES string of the molecule is CC(C)(C)OC(=O)Nc1ccccc1CCc1cccc(S(=O)(=O)C(F)(F)F)c1. The summed E-state index contributed by atoms with van der Waals surface area (Å²) in [6.45, 7) is 5.21. The van der Waals surface area contributed by atoms with Crippen LogP contribution in [-0.2, 0) is 27.4 Å². The lowest BCUT2D eigenvalue weighted by Crippen LogP contribution is -2.27. The van der Waals surface area contributed by atoms with E-state index in [2.05, 4.69) is 5.32 Å². The van der Waals surface area contributed by atoms with Crippen LogP contribution in [0.1, 0.15) is 31.9 Å². The lowest BCUT2D eigenvalue weighted by molar-refractivity contribution is -0.0436. The molecule has 5 nitrogen and oxygen atoms in total. The van der Waals surface area contributed by atoms with Gasteiger partial charge in [-0.2, -0.15) is 13.2 Å². The third kappa shape index (κ3) is 6.22. The normalized spacial score (nSPS) is 12.5. The van der Waals surface area contributed by atoms with E-state index in [1.54, 1.807) is 51.1 Å². The molecular weight excluding hydrogens is 407 g/mol. The number of alkyl halides is 3. The fraction of sp³-hybridized carbons (Fsp3) is 0.350. The average Bonchev–Trinajstić information content (AvgIpc) is 2.58. The zero-order valence-electron chi connectivity index (χ0n) is 16.2. The maximum Gasteiger partial charge on any atom is 0.501 e. The molecule has 0 atom stereocenters. The van der Waals surface area contributed by atoms with Crippen molar-refractivity contribution in [3.8, 4) is 0 Å². The summed E-state index contributed by atoms with van der Waals surface area (Å²) in [5, 5.41) is 2.65. The van der Waals surface area contributed by atoms with Crippen LogP contribution >= 0.6 is 0 Å². The van der Waals surface area contributed by atoms with Crippen molar-refractivity contribution in [2.75, 3.05) is 5.32 Å². The minimum atomic E-state index is -5.40. The number of halogens is 3. The van der Waals surface area contributed by atoms with E-state index in [4.69, 9.17) is 4.74 Å². The van der Waals surface area contributed by atoms with Crippen LogP contribution in [0, 0.1) is 0 Å². The van der Waals surface area contributed by atoms with Crippen LogP contribution in [-0.4, -0.2) is 25.6 Å². The molecule has 0 heterocycles. The molecular formula is C20H22F3NO4S. The van der Waals surface area contributed by atoms with E-state index in [1.165, 1.54) is 6.07 Å². The zero-order valence-corrected chi connectivity index (χ0v) is 17.0. The van der Waals surface area contributed by atoms with Gasteiger partial charge in [-0.15, -0.1) is 0 Å². The van der Waals surface area contributed by atoms with Gasteiger partial charge >= 0.3 is 11.6 Å². The Morgan fingerprint density at radius 3 is 2.28 bits per heavy atom. The standard InChI is InChI=1S/C20H22F3NO4S/c1-19(2,3)28-18(25)24-17-10-5-4-8-15(17)12-11-14-7-6-9-16(13-14)29(26,27)20(21,22)23/h4-10,13H,11-12H2,1-3H3,(H,24,25). The summed E-state index contributed by atoms with van der Waals surface area (Å²) >= 11 is 0. The van der Waals surface area contributed by atoms with Gasteiger partial charge in [0.05, 0.1) is 4.90 Å². The van der Waals surface area contributed by atoms with Gasteiger partial charge in [-0.05, 0) is 62.9 Å². The van der Waals surface area contributed by atoms with Crippen molar-refractivity contribution in [1.29, 1.82) is 0 Å². The zero-order chi connectivity index (χ0) is 21.9. The van der Waals surface area contributed by atoms with E-state index in [0.717, 1.165) is 17.7 Å². The third-order valence-electron chi connectivity index (χ3n) is 3.85. The van der Waals surface area contributed by atoms with Crippen molar-refractivity contribution in [3.63, 3.8) is 0 Å². The van der Waals surface area contributed by atoms with E-state index < -0.39 is 31.9 Å². The van der Waals surface area contributed by atoms with Gasteiger partial charge < -0.3 is 4.74 Å². The molecule has 0 aliphatic rings. The van der Waals surface area contributed by atoms with Crippen molar-refractivity contribution in [2.24, 2.45) is 0 Å². The van der Waals surface area contributed by atoms with Crippen molar-refractivity contribution in [2.45, 2.75) is 49.6 Å². The molecule has 0 saturated heterocycles. The van der Waals surface area contributed by atoms with Gasteiger partial charge in [0.1, 0.15) is 5.60 Å². The van der Waals surface area contributed by atoms with E-state index >= 15 is 0 Å². The highest BCUT2D eigenvalue weighted by Gasteiger charge is 2.46. The molecule has 0 aliphatic carbocycles. The molecule has 0 aliphatic heterocycles. The quantitative estimate of drug-likeness (QED) is 0.717. The van der Waals surface area contributed by atoms with Gasteiger partial charge in [0.2, 0.25) is 0 Å². The summed E-state index contributed by atoms with van der Waals surface area (Å²) in [6, 6.07) is 11.7. The number of ether oxygens (including phenoxy) is 1. The Kier molecular flexibility index (Phi) is 6.62. The number of benzene rings is 2. The molecule has 0 fully saturated rings. The first kappa shape index (κ1) is 22.7. The van der Waals surface area contributed by atoms with Gasteiger partial charge in [-0.3, -0.25) is 5.32 Å². The largest absolute Gasteiger partial charge is 0.501 e. The van der Waals surface area contributed by atoms with Crippen LogP contribution in [0.5, 0.6) is 0 Å². The van der Waals surface area contributed by atoms with E-state index in [0.29, 0.717) is 17.7 Å². The molecule has 0 radical (unpaired) electrons. The van der Waals surface area contributed by atoms with E-state index in [-0.39, 0.29) is 6.42 Å². The minimum Gasteiger partial charge on any atom is -0.444 e. The van der Waals surface area contributed by atoms with Gasteiger partial charge in [0, 0.05) is 5.69 Å². The number of nitrogens with one attached hydrogen (secondary N) is 1. The Morgan fingerprint density at radius 1 is 1.00 bits per heavy atom. The lowest BCUT2D eigenvalue weighted by Gasteiger charge is -2.20. The fourth-order valence-electron chi connectivity index (χ4n) is 2.55. The van der Waals surface area contributed by atoms with Crippen LogP contribution < -0.4 is 5.32 Å². The number of hydrogen-bond donors (Lipinski definition) is 1. The second kappa shape index (κ2) is 8.44. The Labute approximate surface area is 167 Å². The minimum absolute atomic E-state index is 0.286. The van der Waals surface area contributed by atoms with Gasteiger partial charge in [-0.25, -0.2) is 13.2 Å². The number of anilines is 1. The highest BCUT2D eigenvalue weighted by Crippen LogP contribution is 2.30. The smallest absolute Gasteiger partial charge is 0.444 e. The number of amides is 1. The van der Waals surface area contributed by atoms with Crippen molar-refractivity contribution >= 4 is 21.6 Å². The van der Waals surface area contributed by atoms with Crippen molar-refractivity contribution < 1.29 is 31.1 Å². The van der Waals surface area contributed by atoms with Gasteiger partial charge in [-0.1, -0.05) is 30.3 Å². The number of carbonyl (C=O) groups excluding carboxylic acids is 1. The molecule has 1 amide bonds. The maximum absolute atomic E-state index is 12.8. The fourth-order valence-corrected chi connectivity index (χ4v) is 3.39. The predicted molar refractivity (Wildman–Crippen MR) is 103 cm³/mol. The molecule has 0 saturated carbocycles. The Hall–Kier alpha value is -2.55. The Balaban J connectivity index is 2.16. The lowest BCUT2D eigenvalue weighted by atomic mass is 10.0. The summed E-state index contributed by atoms with van der Waals surface area (Å²) in [5.74, 6) is 0. The first-order chi connectivity index (χ1) is 13.3. The molecule has 2 aromatic carbocycles. The van der Waals surface area contributed by atoms with E-state index in [9.17, 15) is 26.4 Å². The first-order valence-electron chi connectivity index (χ1n) is 8.78. The summed E-state index contributed by atoms with van der Waals surface area (Å²) < 4.78 is 66.6. The summed E-state index contributed by atoms with van der Waals surface area (Å²) in [6.07, 6.45) is 0.0404. The van der Waals surface area contributed by atoms with E-state index in [1.807, 2.05) is 0 Å². The predicted octanol–water partition coefficient (Wildman–Crippen LogP) is 5.11. The third-order valence-corrected chi connectivity index (χ3v) is 5.33. The maximum atomic E-state index is 12.8. The highest BCUT2D eigenvalue weighted by molar-refractivity contribution is 7.92. The topological polar surface area (TPSA) is 72.5 Å². The molecule has 0 aromatic heterocycles. The summed E-state index contributed by atoms with van der Waals surface area (Å²) in [5.41, 5.74) is -4.33. The highest BCUT2D eigenvalue weighted by atomic mass is 32.2. The second-order valence-electron chi connectivity index (χ2n) is 7.38. The number of hydrogen-bond acceptors (Lipinski definition) is 4. The van der Waals surface area contributed by atoms with Crippen LogP contribution in [0.4, 0.5) is 23.7 Å². The molecule has 9 heteroatoms. The van der Waals surface area contributed by atoms with Crippen LogP contribution in [0.3, 0.4) is 0 Å². The Bertz CT molecular complexity index is 980. The molecule has 158 valence electrons. The van der Waals surface area contributed by atoms with Crippen molar-refractivity contribution in [3.05, 3.63) is 59.7 Å². The van der Waals surface area contributed by atoms with Crippen LogP contribution in [0.15, 0.2) is 53.4 Å². The molecule has 0 bridgehead atoms. The number of carbonyl (C=O) groups is 1. The van der Waals surface area contributed by atoms with Gasteiger partial charge in [0.15, 0.2) is 0 Å². The first-order valence-corrected chi connectivity index (χ1v) is 10.3. The second-order valence-corrected chi connectivity index (χ2v) is 9.32. The number of aryl methyl sites for hydroxylation is 2.